The van der Waals surface area contributed by atoms with E-state index in [0.29, 0.717) is 39.4 Å². The number of para-hydroxylation sites is 1. The fourth-order valence-electron chi connectivity index (χ4n) is 2.87. The fraction of sp³-hybridized carbons (Fsp3) is 0.238. The maximum atomic E-state index is 12.9. The second kappa shape index (κ2) is 8.83. The number of thiazole rings is 1. The molecule has 1 aromatic heterocycles. The molecule has 1 heterocycles. The number of anilines is 1. The van der Waals surface area contributed by atoms with E-state index in [2.05, 4.69) is 4.98 Å². The highest BCUT2D eigenvalue weighted by Gasteiger charge is 2.21. The first-order chi connectivity index (χ1) is 14.0. The lowest BCUT2D eigenvalue weighted by Gasteiger charge is -2.16. The summed E-state index contributed by atoms with van der Waals surface area (Å²) in [5.41, 5.74) is 1.96. The van der Waals surface area contributed by atoms with E-state index in [4.69, 9.17) is 18.9 Å². The van der Waals surface area contributed by atoms with Crippen molar-refractivity contribution in [2.45, 2.75) is 0 Å². The first kappa shape index (κ1) is 20.5. The molecule has 0 radical (unpaired) electrons. The summed E-state index contributed by atoms with van der Waals surface area (Å²) < 4.78 is 21.5. The maximum Gasteiger partial charge on any atom is 0.263 e. The molecular formula is C21H22N2O5S. The van der Waals surface area contributed by atoms with Gasteiger partial charge in [0.05, 0.1) is 39.7 Å². The minimum atomic E-state index is -0.201. The number of hydrogen-bond donors (Lipinski definition) is 0. The highest BCUT2D eigenvalue weighted by atomic mass is 32.1. The normalized spacial score (nSPS) is 10.4. The van der Waals surface area contributed by atoms with Crippen molar-refractivity contribution in [3.63, 3.8) is 0 Å². The van der Waals surface area contributed by atoms with Gasteiger partial charge < -0.3 is 18.9 Å². The maximum absolute atomic E-state index is 12.9. The lowest BCUT2D eigenvalue weighted by molar-refractivity contribution is 0.0990. The molecule has 29 heavy (non-hydrogen) atoms. The zero-order chi connectivity index (χ0) is 21.0. The molecule has 7 nitrogen and oxygen atoms in total. The molecule has 0 bridgehead atoms. The van der Waals surface area contributed by atoms with Gasteiger partial charge in [-0.15, -0.1) is 11.3 Å². The highest BCUT2D eigenvalue weighted by molar-refractivity contribution is 7.14. The van der Waals surface area contributed by atoms with Gasteiger partial charge in [0.2, 0.25) is 5.75 Å². The van der Waals surface area contributed by atoms with E-state index in [0.717, 1.165) is 5.56 Å². The van der Waals surface area contributed by atoms with Crippen molar-refractivity contribution in [1.29, 1.82) is 0 Å². The van der Waals surface area contributed by atoms with Crippen LogP contribution in [0.1, 0.15) is 10.4 Å². The fourth-order valence-corrected chi connectivity index (χ4v) is 3.67. The van der Waals surface area contributed by atoms with Crippen LogP contribution in [0.5, 0.6) is 23.0 Å². The van der Waals surface area contributed by atoms with Crippen molar-refractivity contribution < 1.29 is 23.7 Å². The summed E-state index contributed by atoms with van der Waals surface area (Å²) in [5, 5.41) is 2.44. The minimum Gasteiger partial charge on any atom is -0.496 e. The molecule has 0 N–H and O–H groups in total. The summed E-state index contributed by atoms with van der Waals surface area (Å²) >= 11 is 1.37. The molecule has 0 aliphatic heterocycles. The van der Waals surface area contributed by atoms with Crippen LogP contribution in [0, 0.1) is 0 Å². The Morgan fingerprint density at radius 1 is 0.931 bits per heavy atom. The van der Waals surface area contributed by atoms with Crippen LogP contribution in [0.2, 0.25) is 0 Å². The third-order valence-corrected chi connectivity index (χ3v) is 5.30. The van der Waals surface area contributed by atoms with Crippen LogP contribution >= 0.6 is 11.3 Å². The summed E-state index contributed by atoms with van der Waals surface area (Å²) in [7, 11) is 7.91. The highest BCUT2D eigenvalue weighted by Crippen LogP contribution is 2.41. The number of carbonyl (C=O) groups excluding carboxylic acids is 1. The molecule has 3 rings (SSSR count). The molecular weight excluding hydrogens is 392 g/mol. The third kappa shape index (κ3) is 3.97. The summed E-state index contributed by atoms with van der Waals surface area (Å²) in [6.45, 7) is 0. The molecule has 0 fully saturated rings. The topological polar surface area (TPSA) is 70.1 Å². The molecule has 2 aromatic carbocycles. The van der Waals surface area contributed by atoms with Gasteiger partial charge in [-0.3, -0.25) is 9.69 Å². The first-order valence-electron chi connectivity index (χ1n) is 8.71. The predicted molar refractivity (Wildman–Crippen MR) is 113 cm³/mol. The number of nitrogens with zero attached hydrogens (tertiary/aromatic N) is 2. The standard InChI is InChI=1S/C21H22N2O5S/c1-23(20(24)14-8-6-7-9-16(14)25-2)21-22-15(12-29-21)13-10-17(26-3)19(28-5)18(11-13)27-4/h6-12H,1-5H3. The summed E-state index contributed by atoms with van der Waals surface area (Å²) in [5.74, 6) is 1.90. The Morgan fingerprint density at radius 2 is 1.55 bits per heavy atom. The van der Waals surface area contributed by atoms with E-state index in [-0.39, 0.29) is 5.91 Å². The Bertz CT molecular complexity index is 993. The number of amides is 1. The van der Waals surface area contributed by atoms with Crippen molar-refractivity contribution in [3.8, 4) is 34.3 Å². The predicted octanol–water partition coefficient (Wildman–Crippen LogP) is 4.12. The first-order valence-corrected chi connectivity index (χ1v) is 9.59. The number of methoxy groups -OCH3 is 4. The molecule has 0 saturated carbocycles. The Labute approximate surface area is 173 Å². The molecule has 1 amide bonds. The van der Waals surface area contributed by atoms with Crippen LogP contribution in [0.25, 0.3) is 11.3 Å². The van der Waals surface area contributed by atoms with Gasteiger partial charge >= 0.3 is 0 Å². The molecule has 0 saturated heterocycles. The van der Waals surface area contributed by atoms with Crippen molar-refractivity contribution in [2.75, 3.05) is 40.4 Å². The SMILES string of the molecule is COc1ccccc1C(=O)N(C)c1nc(-c2cc(OC)c(OC)c(OC)c2)cs1. The zero-order valence-electron chi connectivity index (χ0n) is 16.9. The van der Waals surface area contributed by atoms with Crippen molar-refractivity contribution in [1.82, 2.24) is 4.98 Å². The van der Waals surface area contributed by atoms with E-state index in [9.17, 15) is 4.79 Å². The van der Waals surface area contributed by atoms with Crippen LogP contribution in [-0.4, -0.2) is 46.4 Å². The van der Waals surface area contributed by atoms with E-state index >= 15 is 0 Å². The summed E-state index contributed by atoms with van der Waals surface area (Å²) in [6, 6.07) is 10.7. The number of hydrogen-bond acceptors (Lipinski definition) is 7. The van der Waals surface area contributed by atoms with Crippen LogP contribution in [0.15, 0.2) is 41.8 Å². The van der Waals surface area contributed by atoms with Crippen molar-refractivity contribution >= 4 is 22.4 Å². The molecule has 0 spiro atoms. The van der Waals surface area contributed by atoms with Gasteiger partial charge in [0.1, 0.15) is 5.75 Å². The minimum absolute atomic E-state index is 0.201. The molecule has 3 aromatic rings. The van der Waals surface area contributed by atoms with E-state index < -0.39 is 0 Å². The van der Waals surface area contributed by atoms with Crippen LogP contribution in [0.4, 0.5) is 5.13 Å². The Hall–Kier alpha value is -3.26. The molecule has 152 valence electrons. The van der Waals surface area contributed by atoms with Gasteiger partial charge in [0.15, 0.2) is 16.6 Å². The number of rotatable bonds is 7. The van der Waals surface area contributed by atoms with E-state index in [1.807, 2.05) is 23.6 Å². The summed E-state index contributed by atoms with van der Waals surface area (Å²) in [6.07, 6.45) is 0. The van der Waals surface area contributed by atoms with Crippen LogP contribution in [0.3, 0.4) is 0 Å². The Balaban J connectivity index is 1.94. The van der Waals surface area contributed by atoms with E-state index in [1.54, 1.807) is 46.6 Å². The average Bonchev–Trinajstić information content (AvgIpc) is 3.27. The Kier molecular flexibility index (Phi) is 6.23. The molecule has 0 aliphatic rings. The van der Waals surface area contributed by atoms with E-state index in [1.165, 1.54) is 23.3 Å². The number of carbonyl (C=O) groups is 1. The lowest BCUT2D eigenvalue weighted by Crippen LogP contribution is -2.26. The number of aromatic nitrogens is 1. The molecule has 0 aliphatic carbocycles. The van der Waals surface area contributed by atoms with Gasteiger partial charge in [0, 0.05) is 18.0 Å². The van der Waals surface area contributed by atoms with Gasteiger partial charge in [-0.1, -0.05) is 12.1 Å². The van der Waals surface area contributed by atoms with Crippen LogP contribution < -0.4 is 23.8 Å². The number of ether oxygens (including phenoxy) is 4. The largest absolute Gasteiger partial charge is 0.496 e. The lowest BCUT2D eigenvalue weighted by atomic mass is 10.1. The van der Waals surface area contributed by atoms with Crippen molar-refractivity contribution in [3.05, 3.63) is 47.3 Å². The van der Waals surface area contributed by atoms with Gasteiger partial charge in [0.25, 0.3) is 5.91 Å². The Morgan fingerprint density at radius 3 is 2.14 bits per heavy atom. The van der Waals surface area contributed by atoms with Crippen molar-refractivity contribution in [2.24, 2.45) is 0 Å². The second-order valence-electron chi connectivity index (χ2n) is 5.99. The molecule has 0 atom stereocenters. The molecule has 8 heteroatoms. The summed E-state index contributed by atoms with van der Waals surface area (Å²) in [4.78, 5) is 19.0. The van der Waals surface area contributed by atoms with Gasteiger partial charge in [-0.25, -0.2) is 4.98 Å². The quantitative estimate of drug-likeness (QED) is 0.579. The van der Waals surface area contributed by atoms with Gasteiger partial charge in [-0.2, -0.15) is 0 Å². The average molecular weight is 414 g/mol. The molecule has 0 unspecified atom stereocenters. The van der Waals surface area contributed by atoms with Crippen LogP contribution in [-0.2, 0) is 0 Å². The smallest absolute Gasteiger partial charge is 0.263 e. The zero-order valence-corrected chi connectivity index (χ0v) is 17.7. The third-order valence-electron chi connectivity index (χ3n) is 4.38. The second-order valence-corrected chi connectivity index (χ2v) is 6.83. The number of benzene rings is 2. The monoisotopic (exact) mass is 414 g/mol. The van der Waals surface area contributed by atoms with Gasteiger partial charge in [-0.05, 0) is 24.3 Å².